The number of fused-ring (bicyclic) bond motifs is 1. The lowest BCUT2D eigenvalue weighted by Gasteiger charge is -2.30. The standard InChI is InChI=1S/C23H26O7/c1-13(21(24)25)23(2,3)12-30-19-15(9-10-18(27-4)20(19)28-5)14-7-6-8-16-17(14)11-29-22(16)26/h6-10,13H,11-12H2,1-5H3,(H,24,25). The van der Waals surface area contributed by atoms with Crippen molar-refractivity contribution in [2.75, 3.05) is 20.8 Å². The topological polar surface area (TPSA) is 91.3 Å². The Labute approximate surface area is 175 Å². The van der Waals surface area contributed by atoms with Gasteiger partial charge in [-0.15, -0.1) is 0 Å². The van der Waals surface area contributed by atoms with Crippen molar-refractivity contribution in [3.63, 3.8) is 0 Å². The molecule has 7 heteroatoms. The second-order valence-electron chi connectivity index (χ2n) is 7.92. The zero-order valence-electron chi connectivity index (χ0n) is 17.8. The van der Waals surface area contributed by atoms with E-state index in [-0.39, 0.29) is 19.2 Å². The molecule has 0 radical (unpaired) electrons. The van der Waals surface area contributed by atoms with E-state index in [2.05, 4.69) is 0 Å². The third-order valence-corrected chi connectivity index (χ3v) is 5.66. The van der Waals surface area contributed by atoms with E-state index < -0.39 is 17.3 Å². The van der Waals surface area contributed by atoms with Crippen molar-refractivity contribution in [2.45, 2.75) is 27.4 Å². The molecule has 1 heterocycles. The fourth-order valence-electron chi connectivity index (χ4n) is 3.37. The van der Waals surface area contributed by atoms with Crippen LogP contribution in [0.1, 0.15) is 36.7 Å². The fraction of sp³-hybridized carbons (Fsp3) is 0.391. The van der Waals surface area contributed by atoms with E-state index >= 15 is 0 Å². The first-order chi connectivity index (χ1) is 14.2. The van der Waals surface area contributed by atoms with Crippen molar-refractivity contribution in [1.82, 2.24) is 0 Å². The molecule has 1 aliphatic heterocycles. The minimum atomic E-state index is -0.891. The fourth-order valence-corrected chi connectivity index (χ4v) is 3.37. The molecule has 160 valence electrons. The third-order valence-electron chi connectivity index (χ3n) is 5.66. The Balaban J connectivity index is 2.10. The van der Waals surface area contributed by atoms with Gasteiger partial charge in [-0.1, -0.05) is 32.9 Å². The van der Waals surface area contributed by atoms with Crippen molar-refractivity contribution in [3.8, 4) is 28.4 Å². The van der Waals surface area contributed by atoms with Crippen LogP contribution in [0.25, 0.3) is 11.1 Å². The molecule has 0 aliphatic carbocycles. The van der Waals surface area contributed by atoms with Crippen LogP contribution in [0.5, 0.6) is 17.2 Å². The van der Waals surface area contributed by atoms with Crippen LogP contribution < -0.4 is 14.2 Å². The van der Waals surface area contributed by atoms with Crippen LogP contribution in [-0.2, 0) is 16.1 Å². The molecule has 2 aromatic carbocycles. The number of hydrogen-bond donors (Lipinski definition) is 1. The predicted octanol–water partition coefficient (Wildman–Crippen LogP) is 4.17. The van der Waals surface area contributed by atoms with E-state index in [0.29, 0.717) is 28.4 Å². The second-order valence-corrected chi connectivity index (χ2v) is 7.92. The van der Waals surface area contributed by atoms with Crippen molar-refractivity contribution in [2.24, 2.45) is 11.3 Å². The highest BCUT2D eigenvalue weighted by molar-refractivity contribution is 5.96. The summed E-state index contributed by atoms with van der Waals surface area (Å²) in [6.07, 6.45) is 0. The molecular weight excluding hydrogens is 388 g/mol. The first-order valence-corrected chi connectivity index (χ1v) is 9.61. The van der Waals surface area contributed by atoms with Crippen LogP contribution in [0.4, 0.5) is 0 Å². The maximum absolute atomic E-state index is 12.0. The molecule has 0 spiro atoms. The zero-order chi connectivity index (χ0) is 22.1. The van der Waals surface area contributed by atoms with E-state index in [1.807, 2.05) is 26.0 Å². The zero-order valence-corrected chi connectivity index (χ0v) is 17.8. The highest BCUT2D eigenvalue weighted by atomic mass is 16.5. The maximum atomic E-state index is 12.0. The van der Waals surface area contributed by atoms with E-state index in [1.165, 1.54) is 14.2 Å². The summed E-state index contributed by atoms with van der Waals surface area (Å²) in [6.45, 7) is 5.65. The van der Waals surface area contributed by atoms with Gasteiger partial charge in [0.25, 0.3) is 0 Å². The Kier molecular flexibility index (Phi) is 5.92. The normalized spacial score (nSPS) is 14.0. The van der Waals surface area contributed by atoms with Crippen molar-refractivity contribution in [1.29, 1.82) is 0 Å². The molecule has 0 saturated carbocycles. The molecule has 1 N–H and O–H groups in total. The molecule has 0 amide bonds. The van der Waals surface area contributed by atoms with Gasteiger partial charge in [0.05, 0.1) is 32.3 Å². The molecule has 0 bridgehead atoms. The lowest BCUT2D eigenvalue weighted by Crippen LogP contribution is -2.34. The van der Waals surface area contributed by atoms with E-state index in [4.69, 9.17) is 18.9 Å². The summed E-state index contributed by atoms with van der Waals surface area (Å²) < 4.78 is 22.4. The Morgan fingerprint density at radius 3 is 2.43 bits per heavy atom. The number of carboxylic acid groups (broad SMARTS) is 1. The van der Waals surface area contributed by atoms with Gasteiger partial charge in [-0.25, -0.2) is 4.79 Å². The quantitative estimate of drug-likeness (QED) is 0.648. The summed E-state index contributed by atoms with van der Waals surface area (Å²) in [6, 6.07) is 9.01. The lowest BCUT2D eigenvalue weighted by atomic mass is 9.81. The highest BCUT2D eigenvalue weighted by Gasteiger charge is 2.34. The molecule has 7 nitrogen and oxygen atoms in total. The molecule has 1 aliphatic rings. The molecule has 1 unspecified atom stereocenters. The lowest BCUT2D eigenvalue weighted by molar-refractivity contribution is -0.145. The molecule has 0 saturated heterocycles. The maximum Gasteiger partial charge on any atom is 0.338 e. The number of carbonyl (C=O) groups excluding carboxylic acids is 1. The number of methoxy groups -OCH3 is 2. The van der Waals surface area contributed by atoms with Gasteiger partial charge in [0.2, 0.25) is 5.75 Å². The van der Waals surface area contributed by atoms with Crippen LogP contribution >= 0.6 is 0 Å². The number of carboxylic acids is 1. The highest BCUT2D eigenvalue weighted by Crippen LogP contribution is 2.47. The van der Waals surface area contributed by atoms with Crippen LogP contribution in [0.15, 0.2) is 30.3 Å². The molecular formula is C23H26O7. The number of ether oxygens (including phenoxy) is 4. The number of benzene rings is 2. The number of esters is 1. The van der Waals surface area contributed by atoms with Gasteiger partial charge in [0.1, 0.15) is 6.61 Å². The van der Waals surface area contributed by atoms with E-state index in [9.17, 15) is 14.7 Å². The Bertz CT molecular complexity index is 978. The first kappa shape index (κ1) is 21.5. The number of hydrogen-bond acceptors (Lipinski definition) is 6. The molecule has 0 aromatic heterocycles. The van der Waals surface area contributed by atoms with E-state index in [1.54, 1.807) is 25.1 Å². The van der Waals surface area contributed by atoms with Crippen molar-refractivity contribution < 1.29 is 33.6 Å². The van der Waals surface area contributed by atoms with Gasteiger partial charge in [-0.3, -0.25) is 4.79 Å². The van der Waals surface area contributed by atoms with Crippen molar-refractivity contribution in [3.05, 3.63) is 41.5 Å². The Morgan fingerprint density at radius 2 is 1.80 bits per heavy atom. The third kappa shape index (κ3) is 3.79. The van der Waals surface area contributed by atoms with Crippen LogP contribution in [0, 0.1) is 11.3 Å². The SMILES string of the molecule is COc1ccc(-c2cccc3c2COC3=O)c(OCC(C)(C)C(C)C(=O)O)c1OC. The smallest absolute Gasteiger partial charge is 0.338 e. The number of cyclic esters (lactones) is 1. The van der Waals surface area contributed by atoms with Gasteiger partial charge in [-0.2, -0.15) is 0 Å². The average Bonchev–Trinajstić information content (AvgIpc) is 3.11. The predicted molar refractivity (Wildman–Crippen MR) is 110 cm³/mol. The summed E-state index contributed by atoms with van der Waals surface area (Å²) in [5.41, 5.74) is 2.15. The summed E-state index contributed by atoms with van der Waals surface area (Å²) in [4.78, 5) is 23.5. The molecule has 2 aromatic rings. The summed E-state index contributed by atoms with van der Waals surface area (Å²) >= 11 is 0. The summed E-state index contributed by atoms with van der Waals surface area (Å²) in [7, 11) is 3.05. The molecule has 0 fully saturated rings. The monoisotopic (exact) mass is 414 g/mol. The summed E-state index contributed by atoms with van der Waals surface area (Å²) in [5, 5.41) is 9.41. The first-order valence-electron chi connectivity index (χ1n) is 9.61. The Morgan fingerprint density at radius 1 is 1.10 bits per heavy atom. The van der Waals surface area contributed by atoms with Gasteiger partial charge in [0, 0.05) is 16.5 Å². The van der Waals surface area contributed by atoms with Crippen LogP contribution in [-0.4, -0.2) is 37.9 Å². The number of carbonyl (C=O) groups is 2. The number of aliphatic carboxylic acids is 1. The van der Waals surface area contributed by atoms with Crippen LogP contribution in [0.3, 0.4) is 0 Å². The molecule has 30 heavy (non-hydrogen) atoms. The Hall–Kier alpha value is -3.22. The van der Waals surface area contributed by atoms with Crippen LogP contribution in [0.2, 0.25) is 0 Å². The van der Waals surface area contributed by atoms with Gasteiger partial charge in [-0.05, 0) is 23.8 Å². The average molecular weight is 414 g/mol. The van der Waals surface area contributed by atoms with Gasteiger partial charge in [0.15, 0.2) is 11.5 Å². The molecule has 1 atom stereocenters. The number of rotatable bonds is 8. The van der Waals surface area contributed by atoms with Gasteiger partial charge >= 0.3 is 11.9 Å². The van der Waals surface area contributed by atoms with Crippen molar-refractivity contribution >= 4 is 11.9 Å². The largest absolute Gasteiger partial charge is 0.493 e. The van der Waals surface area contributed by atoms with E-state index in [0.717, 1.165) is 11.1 Å². The summed E-state index contributed by atoms with van der Waals surface area (Å²) in [5.74, 6) is -0.555. The minimum Gasteiger partial charge on any atom is -0.493 e. The second kappa shape index (κ2) is 8.26. The minimum absolute atomic E-state index is 0.140. The molecule has 3 rings (SSSR count). The van der Waals surface area contributed by atoms with Gasteiger partial charge < -0.3 is 24.1 Å².